The van der Waals surface area contributed by atoms with Gasteiger partial charge in [0, 0.05) is 28.4 Å². The van der Waals surface area contributed by atoms with Crippen LogP contribution in [0, 0.1) is 0 Å². The van der Waals surface area contributed by atoms with E-state index in [2.05, 4.69) is 11.9 Å². The Kier molecular flexibility index (Phi) is 13.3. The second-order valence-electron chi connectivity index (χ2n) is 3.57. The first-order valence-electron chi connectivity index (χ1n) is 5.42. The Labute approximate surface area is 105 Å². The molecule has 0 aromatic rings. The van der Waals surface area contributed by atoms with Gasteiger partial charge in [0.25, 0.3) is 0 Å². The maximum Gasteiger partial charge on any atom is 0.178 e. The Bertz CT molecular complexity index is 179. The molecule has 0 aliphatic carbocycles. The highest BCUT2D eigenvalue weighted by atomic mass is 16.7. The molecule has 5 nitrogen and oxygen atoms in total. The molecule has 0 saturated heterocycles. The molecule has 0 bridgehead atoms. The van der Waals surface area contributed by atoms with Crippen LogP contribution in [0.5, 0.6) is 0 Å². The van der Waals surface area contributed by atoms with Gasteiger partial charge in [-0.1, -0.05) is 6.58 Å². The van der Waals surface area contributed by atoms with Crippen LogP contribution < -0.4 is 5.32 Å². The van der Waals surface area contributed by atoms with Gasteiger partial charge in [0.05, 0.1) is 6.04 Å². The monoisotopic (exact) mass is 249 g/mol. The number of likely N-dealkylation sites (N-methyl/N-ethyl adjacent to an activating group) is 1. The molecule has 0 saturated carbocycles. The molecule has 0 aromatic heterocycles. The number of ether oxygens (including phenoxy) is 4. The second-order valence-corrected chi connectivity index (χ2v) is 3.57. The first-order chi connectivity index (χ1) is 7.98. The lowest BCUT2D eigenvalue weighted by atomic mass is 10.3. The molecule has 104 valence electrons. The van der Waals surface area contributed by atoms with Crippen molar-refractivity contribution in [2.45, 2.75) is 32.5 Å². The maximum absolute atomic E-state index is 4.97. The summed E-state index contributed by atoms with van der Waals surface area (Å²) in [6.07, 6.45) is -0.384. The van der Waals surface area contributed by atoms with Gasteiger partial charge in [-0.2, -0.15) is 0 Å². The molecule has 0 fully saturated rings. The minimum Gasteiger partial charge on any atom is -0.354 e. The Balaban J connectivity index is 0. The van der Waals surface area contributed by atoms with Crippen LogP contribution in [0.2, 0.25) is 0 Å². The van der Waals surface area contributed by atoms with E-state index in [1.54, 1.807) is 28.4 Å². The molecule has 1 atom stereocenters. The summed E-state index contributed by atoms with van der Waals surface area (Å²) in [5.74, 6) is 0. The van der Waals surface area contributed by atoms with Crippen LogP contribution in [0.25, 0.3) is 0 Å². The lowest BCUT2D eigenvalue weighted by molar-refractivity contribution is -0.118. The zero-order valence-electron chi connectivity index (χ0n) is 12.1. The Morgan fingerprint density at radius 1 is 1.00 bits per heavy atom. The van der Waals surface area contributed by atoms with Crippen LogP contribution in [-0.2, 0) is 18.9 Å². The highest BCUT2D eigenvalue weighted by Gasteiger charge is 2.11. The first-order valence-corrected chi connectivity index (χ1v) is 5.42. The van der Waals surface area contributed by atoms with Crippen molar-refractivity contribution >= 4 is 0 Å². The zero-order valence-corrected chi connectivity index (χ0v) is 12.1. The van der Waals surface area contributed by atoms with Gasteiger partial charge in [-0.05, 0) is 26.5 Å². The van der Waals surface area contributed by atoms with E-state index in [9.17, 15) is 0 Å². The van der Waals surface area contributed by atoms with Crippen molar-refractivity contribution in [1.82, 2.24) is 5.32 Å². The number of methoxy groups -OCH3 is 4. The second kappa shape index (κ2) is 12.0. The zero-order chi connectivity index (χ0) is 13.8. The van der Waals surface area contributed by atoms with Crippen LogP contribution in [0.1, 0.15) is 13.8 Å². The fourth-order valence-electron chi connectivity index (χ4n) is 1.14. The molecular formula is C12H27NO4. The molecule has 0 heterocycles. The summed E-state index contributed by atoms with van der Waals surface area (Å²) in [5, 5.41) is 3.02. The SMILES string of the molecule is C=C(C)C(OC)OC.CNC(C)C(OC)OC. The van der Waals surface area contributed by atoms with Gasteiger partial charge in [-0.15, -0.1) is 0 Å². The van der Waals surface area contributed by atoms with E-state index in [1.807, 2.05) is 20.9 Å². The third kappa shape index (κ3) is 9.26. The number of nitrogens with one attached hydrogen (secondary N) is 1. The summed E-state index contributed by atoms with van der Waals surface area (Å²) in [7, 11) is 8.30. The van der Waals surface area contributed by atoms with Crippen molar-refractivity contribution in [3.8, 4) is 0 Å². The predicted molar refractivity (Wildman–Crippen MR) is 68.9 cm³/mol. The molecule has 0 radical (unpaired) electrons. The van der Waals surface area contributed by atoms with Crippen LogP contribution in [0.4, 0.5) is 0 Å². The van der Waals surface area contributed by atoms with Crippen molar-refractivity contribution in [2.24, 2.45) is 0 Å². The van der Waals surface area contributed by atoms with Crippen LogP contribution >= 0.6 is 0 Å². The van der Waals surface area contributed by atoms with Gasteiger partial charge in [-0.3, -0.25) is 0 Å². The molecule has 1 N–H and O–H groups in total. The van der Waals surface area contributed by atoms with Gasteiger partial charge in [0.1, 0.15) is 0 Å². The molecule has 0 spiro atoms. The lowest BCUT2D eigenvalue weighted by Crippen LogP contribution is -2.37. The summed E-state index contributed by atoms with van der Waals surface area (Å²) in [6.45, 7) is 7.50. The summed E-state index contributed by atoms with van der Waals surface area (Å²) in [6, 6.07) is 0.236. The predicted octanol–water partition coefficient (Wildman–Crippen LogP) is 1.39. The van der Waals surface area contributed by atoms with Gasteiger partial charge >= 0.3 is 0 Å². The van der Waals surface area contributed by atoms with Crippen molar-refractivity contribution < 1.29 is 18.9 Å². The van der Waals surface area contributed by atoms with Crippen LogP contribution in [0.3, 0.4) is 0 Å². The van der Waals surface area contributed by atoms with E-state index in [0.717, 1.165) is 5.57 Å². The Morgan fingerprint density at radius 2 is 1.41 bits per heavy atom. The molecular weight excluding hydrogens is 222 g/mol. The maximum atomic E-state index is 4.97. The van der Waals surface area contributed by atoms with Crippen molar-refractivity contribution in [3.05, 3.63) is 12.2 Å². The smallest absolute Gasteiger partial charge is 0.178 e. The van der Waals surface area contributed by atoms with Gasteiger partial charge in [0.2, 0.25) is 0 Å². The number of hydrogen-bond donors (Lipinski definition) is 1. The summed E-state index contributed by atoms with van der Waals surface area (Å²) in [4.78, 5) is 0. The standard InChI is InChI=1S/C6H15NO2.C6H12O2/c1-5(7-2)6(8-3)9-4;1-5(2)6(7-3)8-4/h5-7H,1-4H3;6H,1H2,2-4H3. The molecule has 0 amide bonds. The molecule has 0 rings (SSSR count). The normalized spacial score (nSPS) is 12.3. The van der Waals surface area contributed by atoms with E-state index < -0.39 is 0 Å². The molecule has 0 aromatic carbocycles. The molecule has 0 aliphatic rings. The van der Waals surface area contributed by atoms with Crippen molar-refractivity contribution in [2.75, 3.05) is 35.5 Å². The van der Waals surface area contributed by atoms with E-state index >= 15 is 0 Å². The number of hydrogen-bond acceptors (Lipinski definition) is 5. The average Bonchev–Trinajstić information content (AvgIpc) is 2.32. The number of rotatable bonds is 7. The Morgan fingerprint density at radius 3 is 1.47 bits per heavy atom. The van der Waals surface area contributed by atoms with E-state index in [4.69, 9.17) is 18.9 Å². The summed E-state index contributed by atoms with van der Waals surface area (Å²) in [5.41, 5.74) is 0.884. The van der Waals surface area contributed by atoms with Gasteiger partial charge in [-0.25, -0.2) is 0 Å². The largest absolute Gasteiger partial charge is 0.354 e. The van der Waals surface area contributed by atoms with Gasteiger partial charge in [0.15, 0.2) is 12.6 Å². The van der Waals surface area contributed by atoms with Crippen LogP contribution in [-0.4, -0.2) is 54.1 Å². The fourth-order valence-corrected chi connectivity index (χ4v) is 1.14. The first kappa shape index (κ1) is 18.9. The van der Waals surface area contributed by atoms with E-state index in [1.165, 1.54) is 0 Å². The lowest BCUT2D eigenvalue weighted by Gasteiger charge is -2.19. The quantitative estimate of drug-likeness (QED) is 0.546. The van der Waals surface area contributed by atoms with Crippen molar-refractivity contribution in [1.29, 1.82) is 0 Å². The van der Waals surface area contributed by atoms with E-state index in [0.29, 0.717) is 0 Å². The van der Waals surface area contributed by atoms with Crippen molar-refractivity contribution in [3.63, 3.8) is 0 Å². The van der Waals surface area contributed by atoms with E-state index in [-0.39, 0.29) is 18.6 Å². The minimum absolute atomic E-state index is 0.144. The average molecular weight is 249 g/mol. The molecule has 5 heteroatoms. The van der Waals surface area contributed by atoms with Gasteiger partial charge < -0.3 is 24.3 Å². The van der Waals surface area contributed by atoms with Crippen LogP contribution in [0.15, 0.2) is 12.2 Å². The Hall–Kier alpha value is -0.460. The minimum atomic E-state index is -0.241. The fraction of sp³-hybridized carbons (Fsp3) is 0.833. The summed E-state index contributed by atoms with van der Waals surface area (Å²) >= 11 is 0. The summed E-state index contributed by atoms with van der Waals surface area (Å²) < 4.78 is 19.6. The molecule has 0 aliphatic heterocycles. The molecule has 17 heavy (non-hydrogen) atoms. The molecule has 1 unspecified atom stereocenters. The third-order valence-corrected chi connectivity index (χ3v) is 2.16. The third-order valence-electron chi connectivity index (χ3n) is 2.16. The highest BCUT2D eigenvalue weighted by molar-refractivity contribution is 4.92. The topological polar surface area (TPSA) is 49.0 Å². The highest BCUT2D eigenvalue weighted by Crippen LogP contribution is 2.00.